The third kappa shape index (κ3) is 7.13. The second-order valence-electron chi connectivity index (χ2n) is 10.3. The maximum Gasteiger partial charge on any atom is 0.435 e. The molecule has 3 aromatic heterocycles. The van der Waals surface area contributed by atoms with Crippen LogP contribution in [0.4, 0.5) is 13.2 Å². The third-order valence-electron chi connectivity index (χ3n) is 7.32. The summed E-state index contributed by atoms with van der Waals surface area (Å²) >= 11 is 0. The second kappa shape index (κ2) is 14.1. The molecule has 1 saturated carbocycles. The van der Waals surface area contributed by atoms with Gasteiger partial charge in [0, 0.05) is 31.4 Å². The zero-order chi connectivity index (χ0) is 28.6. The van der Waals surface area contributed by atoms with Crippen LogP contribution in [0.15, 0.2) is 36.1 Å². The van der Waals surface area contributed by atoms with E-state index in [1.807, 2.05) is 31.4 Å². The van der Waals surface area contributed by atoms with Gasteiger partial charge in [-0.05, 0) is 63.6 Å². The molecule has 0 saturated heterocycles. The molecular weight excluding hydrogens is 499 g/mol. The molecule has 0 bridgehead atoms. The highest BCUT2D eigenvalue weighted by atomic mass is 19.4. The molecule has 0 N–H and O–H groups in total. The topological polar surface area (TPSA) is 38.4 Å². The number of nitrogens with zero attached hydrogens (tertiary/aromatic N) is 5. The van der Waals surface area contributed by atoms with E-state index in [1.165, 1.54) is 12.0 Å². The van der Waals surface area contributed by atoms with Gasteiger partial charge in [-0.1, -0.05) is 65.2 Å². The molecule has 0 spiro atoms. The van der Waals surface area contributed by atoms with Crippen molar-refractivity contribution in [1.29, 1.82) is 0 Å². The Hall–Kier alpha value is -2.61. The highest BCUT2D eigenvalue weighted by Gasteiger charge is 2.40. The number of unbranched alkanes of at least 4 members (excludes halogenated alkanes) is 1. The number of aromatic nitrogens is 4. The number of hydrogen-bond donors (Lipinski definition) is 0. The smallest absolute Gasteiger partial charge is 0.297 e. The van der Waals surface area contributed by atoms with Gasteiger partial charge in [0.2, 0.25) is 5.78 Å². The van der Waals surface area contributed by atoms with Gasteiger partial charge < -0.3 is 0 Å². The predicted octanol–water partition coefficient (Wildman–Crippen LogP) is 9.13. The van der Waals surface area contributed by atoms with Crippen LogP contribution in [0.25, 0.3) is 22.6 Å². The van der Waals surface area contributed by atoms with Crippen LogP contribution >= 0.6 is 0 Å². The van der Waals surface area contributed by atoms with Crippen molar-refractivity contribution in [1.82, 2.24) is 23.8 Å². The van der Waals surface area contributed by atoms with E-state index >= 15 is 0 Å². The maximum absolute atomic E-state index is 14.5. The number of alkyl halides is 3. The van der Waals surface area contributed by atoms with E-state index in [1.54, 1.807) is 16.7 Å². The number of halogens is 3. The fourth-order valence-corrected chi connectivity index (χ4v) is 5.36. The minimum absolute atomic E-state index is 0.214. The molecule has 39 heavy (non-hydrogen) atoms. The van der Waals surface area contributed by atoms with Gasteiger partial charge >= 0.3 is 6.18 Å². The summed E-state index contributed by atoms with van der Waals surface area (Å²) in [5.74, 6) is 0.865. The molecule has 0 radical (unpaired) electrons. The molecule has 1 aliphatic rings. The summed E-state index contributed by atoms with van der Waals surface area (Å²) in [6, 6.07) is 3.65. The fourth-order valence-electron chi connectivity index (χ4n) is 5.36. The molecule has 3 heterocycles. The Morgan fingerprint density at radius 2 is 1.85 bits per heavy atom. The van der Waals surface area contributed by atoms with E-state index < -0.39 is 11.9 Å². The zero-order valence-electron chi connectivity index (χ0n) is 24.6. The van der Waals surface area contributed by atoms with E-state index in [9.17, 15) is 13.2 Å². The van der Waals surface area contributed by atoms with Crippen LogP contribution in [0.3, 0.4) is 0 Å². The maximum atomic E-state index is 14.5. The minimum atomic E-state index is -4.54. The lowest BCUT2D eigenvalue weighted by Crippen LogP contribution is -2.34. The van der Waals surface area contributed by atoms with E-state index in [0.29, 0.717) is 29.3 Å². The zero-order valence-corrected chi connectivity index (χ0v) is 24.6. The van der Waals surface area contributed by atoms with Gasteiger partial charge in [-0.3, -0.25) is 13.9 Å². The van der Waals surface area contributed by atoms with Crippen LogP contribution < -0.4 is 0 Å². The normalized spacial score (nSPS) is 15.2. The molecule has 1 aliphatic carbocycles. The quantitative estimate of drug-likeness (QED) is 0.213. The first-order chi connectivity index (χ1) is 18.8. The SMILES string of the molecule is CC.CC/C=C(/C)C/C(=C\CC)n1c2ncccc2n2c(CN(CCCC)CC3CCC3)c(C(F)(F)F)nc12. The first-order valence-corrected chi connectivity index (χ1v) is 14.8. The summed E-state index contributed by atoms with van der Waals surface area (Å²) in [7, 11) is 0. The number of allylic oxidation sites excluding steroid dienone is 4. The van der Waals surface area contributed by atoms with Crippen LogP contribution in [0.5, 0.6) is 0 Å². The van der Waals surface area contributed by atoms with Gasteiger partial charge in [0.25, 0.3) is 0 Å². The Bertz CT molecular complexity index is 1260. The molecule has 1 fully saturated rings. The first-order valence-electron chi connectivity index (χ1n) is 14.8. The molecule has 216 valence electrons. The summed E-state index contributed by atoms with van der Waals surface area (Å²) in [6.07, 6.45) is 9.21. The summed E-state index contributed by atoms with van der Waals surface area (Å²) in [5, 5.41) is 0. The number of imidazole rings is 2. The average molecular weight is 546 g/mol. The van der Waals surface area contributed by atoms with E-state index in [4.69, 9.17) is 0 Å². The molecule has 0 amide bonds. The molecule has 3 aromatic rings. The Morgan fingerprint density at radius 1 is 1.13 bits per heavy atom. The van der Waals surface area contributed by atoms with Crippen LogP contribution in [-0.4, -0.2) is 36.9 Å². The molecule has 0 atom stereocenters. The molecule has 4 rings (SSSR count). The largest absolute Gasteiger partial charge is 0.435 e. The summed E-state index contributed by atoms with van der Waals surface area (Å²) in [4.78, 5) is 11.1. The standard InChI is InChI=1S/C29H40F3N5.C2H6/c1-5-8-17-35(19-22-13-9-14-22)20-25-26(29(30,31)32)34-28-36(23(12-7-3)18-21(4)11-6-2)27-24(37(25)28)15-10-16-33-27;1-2/h10-12,15-16,22H,5-9,13-14,17-20H2,1-4H3;1-2H3/b21-11-,23-12+;. The van der Waals surface area contributed by atoms with Gasteiger partial charge in [0.05, 0.1) is 11.2 Å². The van der Waals surface area contributed by atoms with E-state index in [-0.39, 0.29) is 12.2 Å². The van der Waals surface area contributed by atoms with Gasteiger partial charge in [0.15, 0.2) is 11.3 Å². The Balaban J connectivity index is 0.00000205. The van der Waals surface area contributed by atoms with E-state index in [2.05, 4.69) is 47.8 Å². The van der Waals surface area contributed by atoms with Crippen molar-refractivity contribution < 1.29 is 13.2 Å². The highest BCUT2D eigenvalue weighted by Crippen LogP contribution is 2.37. The van der Waals surface area contributed by atoms with Crippen molar-refractivity contribution in [3.63, 3.8) is 0 Å². The van der Waals surface area contributed by atoms with Crippen molar-refractivity contribution in [2.45, 2.75) is 106 Å². The Kier molecular flexibility index (Phi) is 11.2. The number of hydrogen-bond acceptors (Lipinski definition) is 3. The summed E-state index contributed by atoms with van der Waals surface area (Å²) in [5.41, 5.74) is 2.81. The molecule has 0 unspecified atom stereocenters. The number of rotatable bonds is 12. The highest BCUT2D eigenvalue weighted by molar-refractivity contribution is 5.83. The molecule has 5 nitrogen and oxygen atoms in total. The van der Waals surface area contributed by atoms with Gasteiger partial charge in [-0.2, -0.15) is 13.2 Å². The van der Waals surface area contributed by atoms with Crippen molar-refractivity contribution in [2.75, 3.05) is 13.1 Å². The fraction of sp³-hybridized carbons (Fsp3) is 0.613. The number of fused-ring (bicyclic) bond motifs is 3. The lowest BCUT2D eigenvalue weighted by atomic mass is 9.85. The van der Waals surface area contributed by atoms with Gasteiger partial charge in [-0.15, -0.1) is 0 Å². The predicted molar refractivity (Wildman–Crippen MR) is 156 cm³/mol. The molecule has 8 heteroatoms. The third-order valence-corrected chi connectivity index (χ3v) is 7.32. The van der Waals surface area contributed by atoms with Crippen LogP contribution in [-0.2, 0) is 12.7 Å². The first kappa shape index (κ1) is 30.9. The van der Waals surface area contributed by atoms with Crippen LogP contribution in [0.2, 0.25) is 0 Å². The van der Waals surface area contributed by atoms with Crippen LogP contribution in [0, 0.1) is 5.92 Å². The van der Waals surface area contributed by atoms with Gasteiger partial charge in [0.1, 0.15) is 0 Å². The summed E-state index contributed by atoms with van der Waals surface area (Å²) < 4.78 is 46.9. The molecule has 0 aliphatic heterocycles. The average Bonchev–Trinajstić information content (AvgIpc) is 3.40. The summed E-state index contributed by atoms with van der Waals surface area (Å²) in [6.45, 7) is 14.2. The van der Waals surface area contributed by atoms with Crippen molar-refractivity contribution in [3.8, 4) is 0 Å². The Morgan fingerprint density at radius 3 is 2.44 bits per heavy atom. The van der Waals surface area contributed by atoms with Crippen LogP contribution in [0.1, 0.15) is 104 Å². The monoisotopic (exact) mass is 545 g/mol. The second-order valence-corrected chi connectivity index (χ2v) is 10.3. The molecule has 0 aromatic carbocycles. The van der Waals surface area contributed by atoms with Crippen molar-refractivity contribution in [2.24, 2.45) is 5.92 Å². The lowest BCUT2D eigenvalue weighted by Gasteiger charge is -2.32. The van der Waals surface area contributed by atoms with Gasteiger partial charge in [-0.25, -0.2) is 9.97 Å². The van der Waals surface area contributed by atoms with E-state index in [0.717, 1.165) is 57.3 Å². The lowest BCUT2D eigenvalue weighted by molar-refractivity contribution is -0.141. The van der Waals surface area contributed by atoms with Crippen molar-refractivity contribution >= 4 is 22.6 Å². The van der Waals surface area contributed by atoms with Crippen molar-refractivity contribution in [3.05, 3.63) is 47.4 Å². The minimum Gasteiger partial charge on any atom is -0.297 e. The Labute approximate surface area is 231 Å². The number of pyridine rings is 1. The molecular formula is C31H46F3N5.